The predicted molar refractivity (Wildman–Crippen MR) is 79.4 cm³/mol. The van der Waals surface area contributed by atoms with Gasteiger partial charge in [0.1, 0.15) is 17.6 Å². The first-order valence-electron chi connectivity index (χ1n) is 7.16. The second kappa shape index (κ2) is 6.07. The van der Waals surface area contributed by atoms with Gasteiger partial charge in [0.15, 0.2) is 0 Å². The van der Waals surface area contributed by atoms with Gasteiger partial charge in [0.25, 0.3) is 11.6 Å². The maximum absolute atomic E-state index is 12.3. The van der Waals surface area contributed by atoms with Crippen LogP contribution in [0.1, 0.15) is 49.9 Å². The molecule has 0 aromatic carbocycles. The van der Waals surface area contributed by atoms with Gasteiger partial charge in [-0.1, -0.05) is 6.92 Å². The molecule has 0 saturated heterocycles. The van der Waals surface area contributed by atoms with Crippen LogP contribution in [-0.2, 0) is 0 Å². The van der Waals surface area contributed by atoms with E-state index in [2.05, 4.69) is 15.6 Å². The Hall–Kier alpha value is -2.18. The molecule has 1 aliphatic rings. The number of amides is 1. The average Bonchev–Trinajstić information content (AvgIpc) is 2.42. The number of nitrogens with one attached hydrogen (secondary N) is 2. The number of hydrogen-bond donors (Lipinski definition) is 2. The second-order valence-corrected chi connectivity index (χ2v) is 5.64. The predicted octanol–water partition coefficient (Wildman–Crippen LogP) is 2.48. The minimum Gasteiger partial charge on any atom is -0.370 e. The van der Waals surface area contributed by atoms with E-state index in [4.69, 9.17) is 0 Å². The maximum atomic E-state index is 12.3. The molecular formula is C14H20N4O3. The number of anilines is 1. The highest BCUT2D eigenvalue weighted by atomic mass is 16.6. The Morgan fingerprint density at radius 1 is 1.52 bits per heavy atom. The molecule has 0 spiro atoms. The molecule has 0 aliphatic heterocycles. The Bertz CT molecular complexity index is 555. The first-order valence-corrected chi connectivity index (χ1v) is 7.16. The van der Waals surface area contributed by atoms with E-state index in [9.17, 15) is 14.9 Å². The van der Waals surface area contributed by atoms with Crippen LogP contribution in [0.5, 0.6) is 0 Å². The van der Waals surface area contributed by atoms with Crippen molar-refractivity contribution >= 4 is 17.4 Å². The first-order chi connectivity index (χ1) is 9.95. The molecular weight excluding hydrogens is 272 g/mol. The van der Waals surface area contributed by atoms with Gasteiger partial charge in [0.2, 0.25) is 0 Å². The number of nitrogens with zero attached hydrogens (tertiary/aromatic N) is 2. The molecule has 1 aliphatic carbocycles. The van der Waals surface area contributed by atoms with Crippen LogP contribution in [0.15, 0.2) is 12.3 Å². The summed E-state index contributed by atoms with van der Waals surface area (Å²) in [5, 5.41) is 17.0. The number of aromatic nitrogens is 1. The second-order valence-electron chi connectivity index (χ2n) is 5.64. The van der Waals surface area contributed by atoms with E-state index in [1.54, 1.807) is 0 Å². The molecule has 2 N–H and O–H groups in total. The van der Waals surface area contributed by atoms with Crippen molar-refractivity contribution in [3.8, 4) is 0 Å². The van der Waals surface area contributed by atoms with Crippen LogP contribution in [0.2, 0.25) is 0 Å². The monoisotopic (exact) mass is 292 g/mol. The molecule has 21 heavy (non-hydrogen) atoms. The number of hydrogen-bond acceptors (Lipinski definition) is 5. The Kier molecular flexibility index (Phi) is 4.40. The number of carbonyl (C=O) groups is 1. The molecule has 2 rings (SSSR count). The lowest BCUT2D eigenvalue weighted by Gasteiger charge is -2.39. The lowest BCUT2D eigenvalue weighted by atomic mass is 9.78. The van der Waals surface area contributed by atoms with Crippen LogP contribution >= 0.6 is 0 Å². The Balaban J connectivity index is 2.24. The van der Waals surface area contributed by atoms with Crippen LogP contribution in [0.4, 0.5) is 11.5 Å². The topological polar surface area (TPSA) is 97.2 Å². The molecule has 1 fully saturated rings. The zero-order chi connectivity index (χ0) is 15.5. The summed E-state index contributed by atoms with van der Waals surface area (Å²) in [5.74, 6) is 0.0669. The summed E-state index contributed by atoms with van der Waals surface area (Å²) in [7, 11) is 0. The molecule has 1 aromatic heterocycles. The van der Waals surface area contributed by atoms with E-state index in [1.807, 2.05) is 13.8 Å². The van der Waals surface area contributed by atoms with Crippen LogP contribution in [0, 0.1) is 10.1 Å². The van der Waals surface area contributed by atoms with Crippen LogP contribution in [0.25, 0.3) is 0 Å². The van der Waals surface area contributed by atoms with Crippen molar-refractivity contribution in [3.05, 3.63) is 27.9 Å². The van der Waals surface area contributed by atoms with Crippen molar-refractivity contribution < 1.29 is 9.72 Å². The molecule has 0 bridgehead atoms. The van der Waals surface area contributed by atoms with E-state index in [0.717, 1.165) is 31.9 Å². The molecule has 1 amide bonds. The summed E-state index contributed by atoms with van der Waals surface area (Å²) in [6.07, 6.45) is 4.91. The Labute approximate surface area is 123 Å². The minimum absolute atomic E-state index is 0.0572. The van der Waals surface area contributed by atoms with Crippen molar-refractivity contribution in [2.75, 3.05) is 11.9 Å². The lowest BCUT2D eigenvalue weighted by Crippen LogP contribution is -2.51. The van der Waals surface area contributed by atoms with Gasteiger partial charge in [-0.25, -0.2) is 4.98 Å². The molecule has 1 aromatic rings. The third-order valence-electron chi connectivity index (χ3n) is 3.75. The van der Waals surface area contributed by atoms with E-state index in [-0.39, 0.29) is 16.8 Å². The smallest absolute Gasteiger partial charge is 0.300 e. The molecule has 0 unspecified atom stereocenters. The Morgan fingerprint density at radius 2 is 2.24 bits per heavy atom. The molecule has 0 radical (unpaired) electrons. The minimum atomic E-state index is -0.575. The summed E-state index contributed by atoms with van der Waals surface area (Å²) in [5.41, 5.74) is -0.454. The van der Waals surface area contributed by atoms with Gasteiger partial charge in [-0.05, 0) is 32.6 Å². The van der Waals surface area contributed by atoms with Crippen molar-refractivity contribution in [1.82, 2.24) is 10.3 Å². The number of carbonyl (C=O) groups excluding carboxylic acids is 1. The van der Waals surface area contributed by atoms with Gasteiger partial charge < -0.3 is 10.6 Å². The van der Waals surface area contributed by atoms with E-state index in [0.29, 0.717) is 12.4 Å². The van der Waals surface area contributed by atoms with Gasteiger partial charge >= 0.3 is 0 Å². The fourth-order valence-electron chi connectivity index (χ4n) is 2.30. The van der Waals surface area contributed by atoms with E-state index >= 15 is 0 Å². The highest BCUT2D eigenvalue weighted by Crippen LogP contribution is 2.32. The summed E-state index contributed by atoms with van der Waals surface area (Å²) in [4.78, 5) is 26.8. The van der Waals surface area contributed by atoms with Crippen molar-refractivity contribution in [3.63, 3.8) is 0 Å². The largest absolute Gasteiger partial charge is 0.370 e. The zero-order valence-electron chi connectivity index (χ0n) is 12.3. The third kappa shape index (κ3) is 3.48. The molecule has 0 atom stereocenters. The SMILES string of the molecule is CCCNc1cc(C(=O)NC2(C)CCC2)c([N+](=O)[O-])cn1. The van der Waals surface area contributed by atoms with Crippen LogP contribution in [-0.4, -0.2) is 27.9 Å². The van der Waals surface area contributed by atoms with E-state index < -0.39 is 10.8 Å². The van der Waals surface area contributed by atoms with Gasteiger partial charge in [0, 0.05) is 18.2 Å². The standard InChI is InChI=1S/C14H20N4O3/c1-3-7-15-12-8-10(11(9-16-12)18(20)21)13(19)17-14(2)5-4-6-14/h8-9H,3-7H2,1-2H3,(H,15,16)(H,17,19). The van der Waals surface area contributed by atoms with Gasteiger partial charge in [0.05, 0.1) is 4.92 Å². The fourth-order valence-corrected chi connectivity index (χ4v) is 2.30. The van der Waals surface area contributed by atoms with Crippen molar-refractivity contribution in [1.29, 1.82) is 0 Å². The average molecular weight is 292 g/mol. The number of pyridine rings is 1. The molecule has 114 valence electrons. The first kappa shape index (κ1) is 15.2. The molecule has 7 nitrogen and oxygen atoms in total. The summed E-state index contributed by atoms with van der Waals surface area (Å²) >= 11 is 0. The highest BCUT2D eigenvalue weighted by Gasteiger charge is 2.35. The van der Waals surface area contributed by atoms with Crippen molar-refractivity contribution in [2.24, 2.45) is 0 Å². The quantitative estimate of drug-likeness (QED) is 0.620. The Morgan fingerprint density at radius 3 is 2.76 bits per heavy atom. The van der Waals surface area contributed by atoms with Crippen molar-refractivity contribution in [2.45, 2.75) is 45.1 Å². The van der Waals surface area contributed by atoms with Gasteiger partial charge in [-0.3, -0.25) is 14.9 Å². The highest BCUT2D eigenvalue weighted by molar-refractivity contribution is 5.99. The number of rotatable bonds is 6. The zero-order valence-corrected chi connectivity index (χ0v) is 12.3. The number of nitro groups is 1. The molecule has 1 saturated carbocycles. The fraction of sp³-hybridized carbons (Fsp3) is 0.571. The van der Waals surface area contributed by atoms with Crippen LogP contribution < -0.4 is 10.6 Å². The van der Waals surface area contributed by atoms with Gasteiger partial charge in [-0.15, -0.1) is 0 Å². The van der Waals surface area contributed by atoms with E-state index in [1.165, 1.54) is 6.07 Å². The third-order valence-corrected chi connectivity index (χ3v) is 3.75. The molecule has 1 heterocycles. The normalized spacial score (nSPS) is 15.9. The summed E-state index contributed by atoms with van der Waals surface area (Å²) < 4.78 is 0. The van der Waals surface area contributed by atoms with Gasteiger partial charge in [-0.2, -0.15) is 0 Å². The summed E-state index contributed by atoms with van der Waals surface area (Å²) in [6.45, 7) is 4.66. The van der Waals surface area contributed by atoms with Crippen LogP contribution in [0.3, 0.4) is 0 Å². The summed E-state index contributed by atoms with van der Waals surface area (Å²) in [6, 6.07) is 1.45. The lowest BCUT2D eigenvalue weighted by molar-refractivity contribution is -0.385. The maximum Gasteiger partial charge on any atom is 0.300 e. The molecule has 7 heteroatoms.